The molecule has 0 spiro atoms. The lowest BCUT2D eigenvalue weighted by Gasteiger charge is -2.26. The number of aromatic hydroxyl groups is 1. The van der Waals surface area contributed by atoms with Gasteiger partial charge >= 0.3 is 0 Å². The van der Waals surface area contributed by atoms with E-state index in [4.69, 9.17) is 9.47 Å². The molecule has 10 heteroatoms. The summed E-state index contributed by atoms with van der Waals surface area (Å²) < 4.78 is 70.3. The van der Waals surface area contributed by atoms with Crippen LogP contribution in [0.25, 0.3) is 11.1 Å². The van der Waals surface area contributed by atoms with Gasteiger partial charge in [-0.3, -0.25) is 4.55 Å². The summed E-state index contributed by atoms with van der Waals surface area (Å²) in [6, 6.07) is 40.2. The fraction of sp³-hybridized carbons (Fsp3) is 0.0769. The first-order valence-corrected chi connectivity index (χ1v) is 18.1. The molecule has 248 valence electrons. The largest absolute Gasteiger partial charge is 0.508 e. The standard InChI is InChI=1S/C39H32O8S2/c1-39(2,29-7-11-31(40)12-8-29)30-9-13-32(14-10-30)46-33-15-17-34(18-16-33)47-35-19-25-37(26-20-35)48(41,42)36-21-3-27(4-22-36)28-5-23-38(24-6-28)49(43,44)45/h3-26,40H,1-2H3,(H,43,44,45). The molecule has 2 N–H and O–H groups in total. The van der Waals surface area contributed by atoms with E-state index < -0.39 is 20.0 Å². The van der Waals surface area contributed by atoms with Crippen LogP contribution >= 0.6 is 0 Å². The van der Waals surface area contributed by atoms with Gasteiger partial charge in [-0.1, -0.05) is 62.4 Å². The molecule has 0 aliphatic rings. The Kier molecular flexibility index (Phi) is 9.04. The number of hydrogen-bond acceptors (Lipinski definition) is 7. The summed E-state index contributed by atoms with van der Waals surface area (Å²) >= 11 is 0. The zero-order chi connectivity index (χ0) is 34.8. The van der Waals surface area contributed by atoms with Crippen LogP contribution in [-0.4, -0.2) is 26.5 Å². The minimum absolute atomic E-state index is 0.103. The highest BCUT2D eigenvalue weighted by Gasteiger charge is 2.23. The van der Waals surface area contributed by atoms with Crippen LogP contribution in [0, 0.1) is 0 Å². The van der Waals surface area contributed by atoms with Crippen molar-refractivity contribution in [3.8, 4) is 39.9 Å². The van der Waals surface area contributed by atoms with E-state index in [-0.39, 0.29) is 25.9 Å². The maximum atomic E-state index is 13.3. The Balaban J connectivity index is 1.07. The third-order valence-electron chi connectivity index (χ3n) is 8.24. The van der Waals surface area contributed by atoms with E-state index >= 15 is 0 Å². The monoisotopic (exact) mass is 692 g/mol. The lowest BCUT2D eigenvalue weighted by Crippen LogP contribution is -2.18. The number of hydrogen-bond donors (Lipinski definition) is 2. The molecule has 0 fully saturated rings. The van der Waals surface area contributed by atoms with Crippen molar-refractivity contribution in [2.75, 3.05) is 0 Å². The van der Waals surface area contributed by atoms with E-state index in [0.29, 0.717) is 34.1 Å². The summed E-state index contributed by atoms with van der Waals surface area (Å²) in [5.74, 6) is 2.55. The normalized spacial score (nSPS) is 12.0. The first-order valence-electron chi connectivity index (χ1n) is 15.2. The van der Waals surface area contributed by atoms with Gasteiger partial charge in [0.2, 0.25) is 9.84 Å². The predicted molar refractivity (Wildman–Crippen MR) is 187 cm³/mol. The summed E-state index contributed by atoms with van der Waals surface area (Å²) in [6.45, 7) is 4.25. The molecule has 0 saturated heterocycles. The van der Waals surface area contributed by atoms with Crippen LogP contribution in [0.4, 0.5) is 0 Å². The second-order valence-corrected chi connectivity index (χ2v) is 15.2. The smallest absolute Gasteiger partial charge is 0.294 e. The van der Waals surface area contributed by atoms with Crippen LogP contribution in [0.5, 0.6) is 28.7 Å². The van der Waals surface area contributed by atoms with Crippen LogP contribution in [0.3, 0.4) is 0 Å². The first kappa shape index (κ1) is 33.5. The Hall–Kier alpha value is -5.42. The molecule has 0 aliphatic carbocycles. The van der Waals surface area contributed by atoms with E-state index in [2.05, 4.69) is 13.8 Å². The van der Waals surface area contributed by atoms with Crippen molar-refractivity contribution >= 4 is 20.0 Å². The van der Waals surface area contributed by atoms with Gasteiger partial charge in [0.1, 0.15) is 28.7 Å². The number of phenols is 1. The molecule has 8 nitrogen and oxygen atoms in total. The van der Waals surface area contributed by atoms with Crippen molar-refractivity contribution in [1.82, 2.24) is 0 Å². The molecular formula is C39H32O8S2. The minimum atomic E-state index is -4.30. The summed E-state index contributed by atoms with van der Waals surface area (Å²) in [6.07, 6.45) is 0. The highest BCUT2D eigenvalue weighted by atomic mass is 32.2. The Bertz CT molecular complexity index is 2280. The lowest BCUT2D eigenvalue weighted by atomic mass is 9.78. The fourth-order valence-electron chi connectivity index (χ4n) is 5.30. The highest BCUT2D eigenvalue weighted by Crippen LogP contribution is 2.35. The molecule has 0 unspecified atom stereocenters. The average Bonchev–Trinajstić information content (AvgIpc) is 3.09. The molecule has 0 radical (unpaired) electrons. The van der Waals surface area contributed by atoms with Crippen molar-refractivity contribution in [2.24, 2.45) is 0 Å². The van der Waals surface area contributed by atoms with Crippen LogP contribution in [0.1, 0.15) is 25.0 Å². The Morgan fingerprint density at radius 2 is 0.755 bits per heavy atom. The quantitative estimate of drug-likeness (QED) is 0.136. The van der Waals surface area contributed by atoms with Crippen molar-refractivity contribution in [2.45, 2.75) is 33.9 Å². The summed E-state index contributed by atoms with van der Waals surface area (Å²) in [7, 11) is -8.11. The summed E-state index contributed by atoms with van der Waals surface area (Å²) in [5, 5.41) is 9.63. The molecule has 0 aliphatic heterocycles. The SMILES string of the molecule is CC(C)(c1ccc(O)cc1)c1ccc(Oc2ccc(Oc3ccc(S(=O)(=O)c4ccc(-c5ccc(S(=O)(=O)O)cc5)cc4)cc3)cc2)cc1. The van der Waals surface area contributed by atoms with Gasteiger partial charge in [-0.15, -0.1) is 0 Å². The van der Waals surface area contributed by atoms with Crippen molar-refractivity contribution in [1.29, 1.82) is 0 Å². The number of phenolic OH excluding ortho intramolecular Hbond substituents is 1. The fourth-order valence-corrected chi connectivity index (χ4v) is 7.04. The molecule has 0 heterocycles. The van der Waals surface area contributed by atoms with E-state index in [9.17, 15) is 26.5 Å². The minimum Gasteiger partial charge on any atom is -0.508 e. The van der Waals surface area contributed by atoms with Gasteiger partial charge in [0, 0.05) is 5.41 Å². The van der Waals surface area contributed by atoms with Gasteiger partial charge in [0.25, 0.3) is 10.1 Å². The van der Waals surface area contributed by atoms with E-state index in [1.54, 1.807) is 60.7 Å². The van der Waals surface area contributed by atoms with Gasteiger partial charge in [0.15, 0.2) is 0 Å². The van der Waals surface area contributed by atoms with Gasteiger partial charge in [0.05, 0.1) is 14.7 Å². The number of sulfone groups is 1. The molecule has 6 aromatic carbocycles. The van der Waals surface area contributed by atoms with Gasteiger partial charge < -0.3 is 14.6 Å². The molecular weight excluding hydrogens is 661 g/mol. The molecule has 0 aromatic heterocycles. The lowest BCUT2D eigenvalue weighted by molar-refractivity contribution is 0.468. The molecule has 0 atom stereocenters. The Morgan fingerprint density at radius 3 is 1.14 bits per heavy atom. The van der Waals surface area contributed by atoms with Gasteiger partial charge in [-0.25, -0.2) is 8.42 Å². The maximum absolute atomic E-state index is 13.3. The zero-order valence-corrected chi connectivity index (χ0v) is 28.1. The highest BCUT2D eigenvalue weighted by molar-refractivity contribution is 7.91. The number of benzene rings is 6. The average molecular weight is 693 g/mol. The predicted octanol–water partition coefficient (Wildman–Crippen LogP) is 9.05. The summed E-state index contributed by atoms with van der Waals surface area (Å²) in [4.78, 5) is -0.0169. The van der Waals surface area contributed by atoms with Crippen LogP contribution in [-0.2, 0) is 25.4 Å². The summed E-state index contributed by atoms with van der Waals surface area (Å²) in [5.41, 5.74) is 3.29. The van der Waals surface area contributed by atoms with E-state index in [0.717, 1.165) is 11.1 Å². The van der Waals surface area contributed by atoms with Crippen molar-refractivity contribution in [3.05, 3.63) is 157 Å². The number of ether oxygens (including phenoxy) is 2. The third-order valence-corrected chi connectivity index (χ3v) is 10.9. The maximum Gasteiger partial charge on any atom is 0.294 e. The van der Waals surface area contributed by atoms with Crippen LogP contribution in [0.2, 0.25) is 0 Å². The second kappa shape index (κ2) is 13.2. The molecule has 49 heavy (non-hydrogen) atoms. The number of rotatable bonds is 10. The molecule has 0 saturated carbocycles. The Morgan fingerprint density at radius 1 is 0.449 bits per heavy atom. The van der Waals surface area contributed by atoms with Crippen LogP contribution < -0.4 is 9.47 Å². The topological polar surface area (TPSA) is 127 Å². The second-order valence-electron chi connectivity index (χ2n) is 11.9. The van der Waals surface area contributed by atoms with Crippen LogP contribution in [0.15, 0.2) is 160 Å². The Labute approximate surface area is 285 Å². The molecule has 0 amide bonds. The van der Waals surface area contributed by atoms with Crippen molar-refractivity contribution < 1.29 is 36.0 Å². The van der Waals surface area contributed by atoms with Gasteiger partial charge in [-0.2, -0.15) is 8.42 Å². The molecule has 6 rings (SSSR count). The first-order chi connectivity index (χ1) is 23.3. The van der Waals surface area contributed by atoms with E-state index in [1.165, 1.54) is 48.5 Å². The molecule has 6 aromatic rings. The van der Waals surface area contributed by atoms with Crippen molar-refractivity contribution in [3.63, 3.8) is 0 Å². The molecule has 0 bridgehead atoms. The zero-order valence-electron chi connectivity index (χ0n) is 26.5. The van der Waals surface area contributed by atoms with E-state index in [1.807, 2.05) is 36.4 Å². The third kappa shape index (κ3) is 7.52. The van der Waals surface area contributed by atoms with Gasteiger partial charge in [-0.05, 0) is 119 Å².